The quantitative estimate of drug-likeness (QED) is 0.752. The Hall–Kier alpha value is -2.82. The van der Waals surface area contributed by atoms with Gasteiger partial charge in [-0.2, -0.15) is 0 Å². The van der Waals surface area contributed by atoms with Crippen molar-refractivity contribution in [1.29, 1.82) is 0 Å². The molecule has 0 saturated carbocycles. The Morgan fingerprint density at radius 3 is 2.54 bits per heavy atom. The highest BCUT2D eigenvalue weighted by molar-refractivity contribution is 5.95. The number of carboxylic acids is 1. The fourth-order valence-electron chi connectivity index (χ4n) is 2.76. The number of carboxylic acid groups (broad SMARTS) is 1. The number of aryl methyl sites for hydroxylation is 1. The normalized spacial score (nSPS) is 11.0. The summed E-state index contributed by atoms with van der Waals surface area (Å²) in [4.78, 5) is 23.5. The Kier molecular flexibility index (Phi) is 6.39. The molecule has 0 aliphatic carbocycles. The molecule has 2 rings (SSSR count). The summed E-state index contributed by atoms with van der Waals surface area (Å²) in [5.41, 5.74) is 1.90. The number of aliphatic carboxylic acids is 1. The van der Waals surface area contributed by atoms with Crippen molar-refractivity contribution in [3.8, 4) is 5.75 Å². The topological polar surface area (TPSA) is 75.6 Å². The van der Waals surface area contributed by atoms with Crippen LogP contribution in [-0.2, 0) is 22.4 Å². The van der Waals surface area contributed by atoms with E-state index in [-0.39, 0.29) is 12.3 Å². The molecule has 2 aromatic rings. The molecule has 0 bridgehead atoms. The van der Waals surface area contributed by atoms with Crippen molar-refractivity contribution in [2.24, 2.45) is 5.41 Å². The number of nitrogens with one attached hydrogen (secondary N) is 1. The molecule has 5 heteroatoms. The van der Waals surface area contributed by atoms with Gasteiger partial charge in [-0.3, -0.25) is 9.59 Å². The molecular weight excluding hydrogens is 330 g/mol. The zero-order valence-electron chi connectivity index (χ0n) is 15.4. The molecule has 0 unspecified atom stereocenters. The first-order valence-electron chi connectivity index (χ1n) is 8.56. The largest absolute Gasteiger partial charge is 0.496 e. The number of anilines is 1. The molecule has 0 fully saturated rings. The number of rotatable bonds is 8. The molecule has 2 aromatic carbocycles. The molecule has 2 N–H and O–H groups in total. The first-order chi connectivity index (χ1) is 12.3. The first-order valence-corrected chi connectivity index (χ1v) is 8.56. The maximum absolute atomic E-state index is 12.8. The van der Waals surface area contributed by atoms with E-state index in [1.54, 1.807) is 13.2 Å². The van der Waals surface area contributed by atoms with Crippen molar-refractivity contribution in [3.05, 3.63) is 59.7 Å². The van der Waals surface area contributed by atoms with E-state index >= 15 is 0 Å². The van der Waals surface area contributed by atoms with Crippen LogP contribution in [0.2, 0.25) is 0 Å². The van der Waals surface area contributed by atoms with E-state index in [9.17, 15) is 9.59 Å². The second-order valence-corrected chi connectivity index (χ2v) is 6.92. The van der Waals surface area contributed by atoms with Crippen LogP contribution in [-0.4, -0.2) is 24.1 Å². The zero-order valence-corrected chi connectivity index (χ0v) is 15.4. The van der Waals surface area contributed by atoms with Crippen LogP contribution in [0.1, 0.15) is 31.4 Å². The van der Waals surface area contributed by atoms with Crippen molar-refractivity contribution in [1.82, 2.24) is 0 Å². The number of hydrogen-bond acceptors (Lipinski definition) is 3. The summed E-state index contributed by atoms with van der Waals surface area (Å²) < 4.78 is 5.37. The van der Waals surface area contributed by atoms with Crippen LogP contribution >= 0.6 is 0 Å². The van der Waals surface area contributed by atoms with Crippen molar-refractivity contribution < 1.29 is 19.4 Å². The first kappa shape index (κ1) is 19.5. The minimum absolute atomic E-state index is 0.0662. The highest BCUT2D eigenvalue weighted by Crippen LogP contribution is 2.29. The van der Waals surface area contributed by atoms with Gasteiger partial charge in [-0.25, -0.2) is 0 Å². The molecule has 138 valence electrons. The monoisotopic (exact) mass is 355 g/mol. The Balaban J connectivity index is 2.08. The van der Waals surface area contributed by atoms with Crippen LogP contribution < -0.4 is 10.1 Å². The smallest absolute Gasteiger partial charge is 0.303 e. The maximum Gasteiger partial charge on any atom is 0.303 e. The lowest BCUT2D eigenvalue weighted by Gasteiger charge is -2.24. The molecule has 26 heavy (non-hydrogen) atoms. The van der Waals surface area contributed by atoms with E-state index in [4.69, 9.17) is 9.84 Å². The van der Waals surface area contributed by atoms with Gasteiger partial charge in [0.15, 0.2) is 0 Å². The predicted molar refractivity (Wildman–Crippen MR) is 102 cm³/mol. The summed E-state index contributed by atoms with van der Waals surface area (Å²) in [6, 6.07) is 15.0. The number of carbonyl (C=O) groups excluding carboxylic acids is 1. The SMILES string of the molecule is COc1ccccc1CC(C)(C)C(=O)Nc1cccc(CCC(=O)O)c1. The molecule has 5 nitrogen and oxygen atoms in total. The van der Waals surface area contributed by atoms with Gasteiger partial charge in [-0.05, 0) is 42.2 Å². The van der Waals surface area contributed by atoms with Crippen molar-refractivity contribution in [2.45, 2.75) is 33.1 Å². The van der Waals surface area contributed by atoms with Crippen LogP contribution in [0, 0.1) is 5.41 Å². The third-order valence-electron chi connectivity index (χ3n) is 4.25. The molecule has 0 aliphatic heterocycles. The third-order valence-corrected chi connectivity index (χ3v) is 4.25. The highest BCUT2D eigenvalue weighted by atomic mass is 16.5. The minimum atomic E-state index is -0.836. The number of benzene rings is 2. The average molecular weight is 355 g/mol. The van der Waals surface area contributed by atoms with Gasteiger partial charge < -0.3 is 15.2 Å². The van der Waals surface area contributed by atoms with Crippen molar-refractivity contribution in [2.75, 3.05) is 12.4 Å². The number of hydrogen-bond donors (Lipinski definition) is 2. The standard InChI is InChI=1S/C21H25NO4/c1-21(2,14-16-8-4-5-10-18(16)26-3)20(25)22-17-9-6-7-15(13-17)11-12-19(23)24/h4-10,13H,11-12,14H2,1-3H3,(H,22,25)(H,23,24). The van der Waals surface area contributed by atoms with E-state index in [2.05, 4.69) is 5.32 Å². The van der Waals surface area contributed by atoms with Gasteiger partial charge in [0.25, 0.3) is 0 Å². The van der Waals surface area contributed by atoms with Gasteiger partial charge in [-0.15, -0.1) is 0 Å². The molecule has 0 atom stereocenters. The van der Waals surface area contributed by atoms with Gasteiger partial charge in [0.1, 0.15) is 5.75 Å². The van der Waals surface area contributed by atoms with Crippen LogP contribution in [0.3, 0.4) is 0 Å². The van der Waals surface area contributed by atoms with Crippen LogP contribution in [0.15, 0.2) is 48.5 Å². The Labute approximate surface area is 154 Å². The highest BCUT2D eigenvalue weighted by Gasteiger charge is 2.29. The molecule has 0 aliphatic rings. The summed E-state index contributed by atoms with van der Waals surface area (Å²) in [5, 5.41) is 11.7. The fourth-order valence-corrected chi connectivity index (χ4v) is 2.76. The second kappa shape index (κ2) is 8.52. The number of para-hydroxylation sites is 1. The Morgan fingerprint density at radius 1 is 1.12 bits per heavy atom. The number of amides is 1. The second-order valence-electron chi connectivity index (χ2n) is 6.92. The summed E-state index contributed by atoms with van der Waals surface area (Å²) >= 11 is 0. The van der Waals surface area contributed by atoms with Crippen LogP contribution in [0.5, 0.6) is 5.75 Å². The van der Waals surface area contributed by atoms with Gasteiger partial charge in [0.2, 0.25) is 5.91 Å². The average Bonchev–Trinajstić information content (AvgIpc) is 2.60. The summed E-state index contributed by atoms with van der Waals surface area (Å²) in [7, 11) is 1.62. The molecule has 0 heterocycles. The molecule has 0 aromatic heterocycles. The minimum Gasteiger partial charge on any atom is -0.496 e. The van der Waals surface area contributed by atoms with Gasteiger partial charge in [0.05, 0.1) is 7.11 Å². The van der Waals surface area contributed by atoms with Gasteiger partial charge >= 0.3 is 5.97 Å². The molecule has 1 amide bonds. The molecule has 0 spiro atoms. The summed E-state index contributed by atoms with van der Waals surface area (Å²) in [5.74, 6) is -0.166. The van der Waals surface area contributed by atoms with Crippen molar-refractivity contribution >= 4 is 17.6 Å². The lowest BCUT2D eigenvalue weighted by atomic mass is 9.84. The fraction of sp³-hybridized carbons (Fsp3) is 0.333. The third kappa shape index (κ3) is 5.34. The van der Waals surface area contributed by atoms with E-state index in [1.165, 1.54) is 0 Å². The predicted octanol–water partition coefficient (Wildman–Crippen LogP) is 3.92. The maximum atomic E-state index is 12.8. The number of carbonyl (C=O) groups is 2. The molecular formula is C21H25NO4. The van der Waals surface area contributed by atoms with Crippen LogP contribution in [0.4, 0.5) is 5.69 Å². The van der Waals surface area contributed by atoms with Crippen LogP contribution in [0.25, 0.3) is 0 Å². The molecule has 0 saturated heterocycles. The van der Waals surface area contributed by atoms with E-state index in [0.29, 0.717) is 18.5 Å². The zero-order chi connectivity index (χ0) is 19.2. The van der Waals surface area contributed by atoms with Gasteiger partial charge in [-0.1, -0.05) is 44.2 Å². The van der Waals surface area contributed by atoms with E-state index in [0.717, 1.165) is 16.9 Å². The Bertz CT molecular complexity index is 783. The lowest BCUT2D eigenvalue weighted by Crippen LogP contribution is -2.32. The van der Waals surface area contributed by atoms with Crippen molar-refractivity contribution in [3.63, 3.8) is 0 Å². The Morgan fingerprint density at radius 2 is 1.85 bits per heavy atom. The summed E-state index contributed by atoms with van der Waals surface area (Å²) in [6.45, 7) is 3.78. The van der Waals surface area contributed by atoms with Gasteiger partial charge in [0, 0.05) is 17.5 Å². The molecule has 0 radical (unpaired) electrons. The van der Waals surface area contributed by atoms with E-state index < -0.39 is 11.4 Å². The number of ether oxygens (including phenoxy) is 1. The number of methoxy groups -OCH3 is 1. The van der Waals surface area contributed by atoms with E-state index in [1.807, 2.05) is 56.3 Å². The lowest BCUT2D eigenvalue weighted by molar-refractivity contribution is -0.137. The summed E-state index contributed by atoms with van der Waals surface area (Å²) in [6.07, 6.45) is 1.04.